The second kappa shape index (κ2) is 9.01. The molecule has 21 heavy (non-hydrogen) atoms. The fourth-order valence-electron chi connectivity index (χ4n) is 2.20. The van der Waals surface area contributed by atoms with Gasteiger partial charge in [0.05, 0.1) is 13.1 Å². The minimum absolute atomic E-state index is 0.0111. The van der Waals surface area contributed by atoms with E-state index in [1.54, 1.807) is 14.7 Å². The van der Waals surface area contributed by atoms with Crippen LogP contribution in [-0.4, -0.2) is 100 Å². The highest BCUT2D eigenvalue weighted by Crippen LogP contribution is 2.15. The number of nitrogens with zero attached hydrogens (tertiary/aromatic N) is 3. The van der Waals surface area contributed by atoms with Crippen molar-refractivity contribution in [2.45, 2.75) is 0 Å². The summed E-state index contributed by atoms with van der Waals surface area (Å²) in [4.78, 5) is 35.8. The van der Waals surface area contributed by atoms with Crippen LogP contribution >= 0.6 is 8.03 Å². The molecule has 0 amide bonds. The van der Waals surface area contributed by atoms with E-state index in [4.69, 9.17) is 15.1 Å². The Hall–Kier alpha value is -1.12. The molecule has 3 N–H and O–H groups in total. The first-order chi connectivity index (χ1) is 9.86. The van der Waals surface area contributed by atoms with E-state index in [1.165, 1.54) is 0 Å². The normalized spacial score (nSPS) is 20.3. The predicted octanol–water partition coefficient (Wildman–Crippen LogP) is -1.23. The molecule has 1 aliphatic rings. The molecular weight excluding hydrogens is 301 g/mol. The fraction of sp³-hybridized carbons (Fsp3) is 0.818. The van der Waals surface area contributed by atoms with Gasteiger partial charge < -0.3 is 10.2 Å². The summed E-state index contributed by atoms with van der Waals surface area (Å²) in [6, 6.07) is 0. The zero-order valence-electron chi connectivity index (χ0n) is 11.7. The molecule has 1 atom stereocenters. The maximum atomic E-state index is 11.0. The molecule has 0 spiro atoms. The quantitative estimate of drug-likeness (QED) is 0.516. The van der Waals surface area contributed by atoms with Gasteiger partial charge in [-0.2, -0.15) is 4.89 Å². The van der Waals surface area contributed by atoms with Crippen molar-refractivity contribution in [3.63, 3.8) is 0 Å². The van der Waals surface area contributed by atoms with Crippen molar-refractivity contribution in [1.29, 1.82) is 0 Å². The van der Waals surface area contributed by atoms with Crippen molar-refractivity contribution in [2.75, 3.05) is 58.6 Å². The summed E-state index contributed by atoms with van der Waals surface area (Å²) in [7, 11) is -2.31. The summed E-state index contributed by atoms with van der Waals surface area (Å²) in [6.45, 7) is 2.57. The van der Waals surface area contributed by atoms with Crippen LogP contribution in [0.3, 0.4) is 0 Å². The van der Waals surface area contributed by atoms with E-state index >= 15 is 0 Å². The number of hydrogen-bond acceptors (Lipinski definition) is 6. The standard InChI is InChI=1S/C11H20N3O6P/c15-10(16)7-12-1-2-13(8-11(17)18)4-6-14(5-3-12)9-21(19)20/h1-9H2,(H2-,15,16,17,18,19,20)/p+1. The van der Waals surface area contributed by atoms with Crippen LogP contribution < -0.4 is 0 Å². The van der Waals surface area contributed by atoms with Crippen LogP contribution in [0.2, 0.25) is 0 Å². The van der Waals surface area contributed by atoms with E-state index in [9.17, 15) is 14.2 Å². The number of carboxylic acid groups (broad SMARTS) is 2. The van der Waals surface area contributed by atoms with Crippen molar-refractivity contribution in [1.82, 2.24) is 14.7 Å². The second-order valence-corrected chi connectivity index (χ2v) is 5.94. The zero-order chi connectivity index (χ0) is 15.8. The van der Waals surface area contributed by atoms with Crippen LogP contribution in [0.5, 0.6) is 0 Å². The van der Waals surface area contributed by atoms with Crippen molar-refractivity contribution in [3.05, 3.63) is 0 Å². The predicted molar refractivity (Wildman–Crippen MR) is 74.4 cm³/mol. The van der Waals surface area contributed by atoms with Gasteiger partial charge in [0, 0.05) is 39.3 Å². The number of hydrogen-bond donors (Lipinski definition) is 3. The number of rotatable bonds is 6. The Kier molecular flexibility index (Phi) is 7.69. The van der Waals surface area contributed by atoms with Crippen molar-refractivity contribution in [2.24, 2.45) is 0 Å². The molecule has 1 rings (SSSR count). The second-order valence-electron chi connectivity index (χ2n) is 4.95. The van der Waals surface area contributed by atoms with Crippen LogP contribution in [0.4, 0.5) is 0 Å². The van der Waals surface area contributed by atoms with Gasteiger partial charge in [0.2, 0.25) is 6.29 Å². The van der Waals surface area contributed by atoms with Crippen LogP contribution in [0.25, 0.3) is 0 Å². The molecule has 10 heteroatoms. The summed E-state index contributed by atoms with van der Waals surface area (Å²) in [5, 5.41) is 17.7. The maximum absolute atomic E-state index is 11.0. The molecule has 0 bridgehead atoms. The Bertz CT molecular complexity index is 325. The largest absolute Gasteiger partial charge is 0.521 e. The first-order valence-corrected chi connectivity index (χ1v) is 8.01. The summed E-state index contributed by atoms with van der Waals surface area (Å²) < 4.78 is 11.0. The van der Waals surface area contributed by atoms with Crippen molar-refractivity contribution >= 4 is 20.0 Å². The van der Waals surface area contributed by atoms with E-state index in [0.29, 0.717) is 39.3 Å². The SMILES string of the molecule is O=C(O)CN1CCN(CC(=O)O)CCN(C[P+](=O)O)CC1. The number of carbonyl (C=O) groups is 2. The smallest absolute Gasteiger partial charge is 0.480 e. The molecule has 1 fully saturated rings. The molecule has 1 heterocycles. The maximum Gasteiger partial charge on any atom is 0.521 e. The lowest BCUT2D eigenvalue weighted by Crippen LogP contribution is -2.40. The lowest BCUT2D eigenvalue weighted by Gasteiger charge is -2.23. The topological polar surface area (TPSA) is 122 Å². The Balaban J connectivity index is 2.68. The van der Waals surface area contributed by atoms with Gasteiger partial charge in [-0.25, -0.2) is 0 Å². The Morgan fingerprint density at radius 3 is 1.43 bits per heavy atom. The van der Waals surface area contributed by atoms with Crippen molar-refractivity contribution in [3.8, 4) is 0 Å². The summed E-state index contributed by atoms with van der Waals surface area (Å²) in [5.74, 6) is -1.89. The third-order valence-corrected chi connectivity index (χ3v) is 3.88. The van der Waals surface area contributed by atoms with E-state index in [2.05, 4.69) is 0 Å². The van der Waals surface area contributed by atoms with Gasteiger partial charge >= 0.3 is 20.0 Å². The van der Waals surface area contributed by atoms with Crippen molar-refractivity contribution < 1.29 is 29.3 Å². The summed E-state index contributed by atoms with van der Waals surface area (Å²) >= 11 is 0. The number of aliphatic carboxylic acids is 2. The zero-order valence-corrected chi connectivity index (χ0v) is 12.6. The van der Waals surface area contributed by atoms with E-state index in [-0.39, 0.29) is 19.4 Å². The molecule has 0 aromatic carbocycles. The van der Waals surface area contributed by atoms with Crippen LogP contribution in [0.1, 0.15) is 0 Å². The minimum atomic E-state index is -2.31. The molecule has 0 aromatic heterocycles. The average molecular weight is 322 g/mol. The molecule has 1 aliphatic heterocycles. The van der Waals surface area contributed by atoms with E-state index in [1.807, 2.05) is 0 Å². The Morgan fingerprint density at radius 1 is 0.810 bits per heavy atom. The third-order valence-electron chi connectivity index (χ3n) is 3.24. The van der Waals surface area contributed by atoms with E-state index in [0.717, 1.165) is 0 Å². The lowest BCUT2D eigenvalue weighted by atomic mass is 10.4. The average Bonchev–Trinajstić information content (AvgIpc) is 2.42. The van der Waals surface area contributed by atoms with Gasteiger partial charge in [0.25, 0.3) is 0 Å². The van der Waals surface area contributed by atoms with Gasteiger partial charge in [0.1, 0.15) is 0 Å². The molecule has 9 nitrogen and oxygen atoms in total. The van der Waals surface area contributed by atoms with Gasteiger partial charge in [-0.05, 0) is 4.57 Å². The van der Waals surface area contributed by atoms with Gasteiger partial charge in [-0.3, -0.25) is 24.3 Å². The third kappa shape index (κ3) is 8.03. The Labute approximate surface area is 123 Å². The molecule has 0 aliphatic carbocycles. The summed E-state index contributed by atoms with van der Waals surface area (Å²) in [5.41, 5.74) is 0. The first-order valence-electron chi connectivity index (χ1n) is 6.61. The molecule has 0 saturated carbocycles. The monoisotopic (exact) mass is 322 g/mol. The van der Waals surface area contributed by atoms with Gasteiger partial charge in [-0.1, -0.05) is 0 Å². The molecule has 1 saturated heterocycles. The molecule has 120 valence electrons. The number of carboxylic acids is 2. The van der Waals surface area contributed by atoms with Crippen LogP contribution in [0.15, 0.2) is 0 Å². The minimum Gasteiger partial charge on any atom is -0.480 e. The highest BCUT2D eigenvalue weighted by Gasteiger charge is 2.23. The summed E-state index contributed by atoms with van der Waals surface area (Å²) in [6.07, 6.45) is 0.0111. The van der Waals surface area contributed by atoms with Crippen LogP contribution in [-0.2, 0) is 14.2 Å². The first kappa shape index (κ1) is 17.9. The Morgan fingerprint density at radius 2 is 1.14 bits per heavy atom. The molecule has 0 aromatic rings. The molecule has 1 unspecified atom stereocenters. The highest BCUT2D eigenvalue weighted by atomic mass is 31.1. The van der Waals surface area contributed by atoms with Gasteiger partial charge in [0.15, 0.2) is 0 Å². The van der Waals surface area contributed by atoms with E-state index < -0.39 is 20.0 Å². The van der Waals surface area contributed by atoms with Gasteiger partial charge in [-0.15, -0.1) is 0 Å². The molecular formula is C11H21N3O6P+. The molecule has 0 radical (unpaired) electrons. The van der Waals surface area contributed by atoms with Crippen LogP contribution in [0, 0.1) is 0 Å². The fourth-order valence-corrected chi connectivity index (χ4v) is 2.82. The lowest BCUT2D eigenvalue weighted by molar-refractivity contribution is -0.140. The highest BCUT2D eigenvalue weighted by molar-refractivity contribution is 7.37.